The first kappa shape index (κ1) is 16.3. The monoisotopic (exact) mass is 418 g/mol. The summed E-state index contributed by atoms with van der Waals surface area (Å²) in [5.74, 6) is -0.526. The van der Waals surface area contributed by atoms with Gasteiger partial charge < -0.3 is 15.3 Å². The van der Waals surface area contributed by atoms with Crippen LogP contribution in [0.5, 0.6) is 0 Å². The Balaban J connectivity index is 2.14. The zero-order chi connectivity index (χ0) is 15.6. The maximum atomic E-state index is 12.2. The van der Waals surface area contributed by atoms with Crippen molar-refractivity contribution < 1.29 is 14.7 Å². The molecule has 2 rings (SSSR count). The van der Waals surface area contributed by atoms with Gasteiger partial charge in [0.15, 0.2) is 0 Å². The number of urea groups is 1. The third-order valence-corrected chi connectivity index (χ3v) is 4.70. The Morgan fingerprint density at radius 3 is 2.57 bits per heavy atom. The molecule has 21 heavy (non-hydrogen) atoms. The Hall–Kier alpha value is -1.08. The molecular formula is C14H16Br2N2O3. The zero-order valence-electron chi connectivity index (χ0n) is 11.5. The summed E-state index contributed by atoms with van der Waals surface area (Å²) in [5, 5.41) is 11.9. The molecule has 0 aromatic heterocycles. The van der Waals surface area contributed by atoms with E-state index in [1.807, 2.05) is 0 Å². The second kappa shape index (κ2) is 6.79. The van der Waals surface area contributed by atoms with Crippen molar-refractivity contribution in [1.29, 1.82) is 0 Å². The second-order valence-electron chi connectivity index (χ2n) is 5.22. The summed E-state index contributed by atoms with van der Waals surface area (Å²) in [4.78, 5) is 25.1. The Morgan fingerprint density at radius 1 is 1.38 bits per heavy atom. The number of aromatic carboxylic acids is 1. The zero-order valence-corrected chi connectivity index (χ0v) is 14.7. The van der Waals surface area contributed by atoms with Crippen molar-refractivity contribution in [3.8, 4) is 0 Å². The van der Waals surface area contributed by atoms with Gasteiger partial charge in [0, 0.05) is 22.5 Å². The van der Waals surface area contributed by atoms with E-state index in [0.29, 0.717) is 21.4 Å². The van der Waals surface area contributed by atoms with Gasteiger partial charge >= 0.3 is 12.0 Å². The number of nitrogens with zero attached hydrogens (tertiary/aromatic N) is 1. The maximum absolute atomic E-state index is 12.2. The van der Waals surface area contributed by atoms with E-state index in [-0.39, 0.29) is 17.3 Å². The first-order valence-corrected chi connectivity index (χ1v) is 8.21. The molecule has 1 fully saturated rings. The Labute approximate surface area is 140 Å². The number of benzene rings is 1. The third-order valence-electron chi connectivity index (χ3n) is 3.62. The fourth-order valence-corrected chi connectivity index (χ4v) is 3.54. The smallest absolute Gasteiger partial charge is 0.337 e. The Bertz CT molecular complexity index is 574. The van der Waals surface area contributed by atoms with E-state index >= 15 is 0 Å². The van der Waals surface area contributed by atoms with Crippen LogP contribution < -0.4 is 5.32 Å². The van der Waals surface area contributed by atoms with E-state index in [4.69, 9.17) is 0 Å². The lowest BCUT2D eigenvalue weighted by atomic mass is 9.85. The first-order chi connectivity index (χ1) is 9.88. The molecule has 0 unspecified atom stereocenters. The molecular weight excluding hydrogens is 404 g/mol. The normalized spacial score (nSPS) is 14.4. The van der Waals surface area contributed by atoms with Crippen LogP contribution in [-0.4, -0.2) is 35.6 Å². The minimum absolute atomic E-state index is 0.0432. The molecule has 1 saturated carbocycles. The van der Waals surface area contributed by atoms with Crippen LogP contribution in [0.1, 0.15) is 29.6 Å². The van der Waals surface area contributed by atoms with Gasteiger partial charge in [-0.2, -0.15) is 0 Å². The van der Waals surface area contributed by atoms with Crippen molar-refractivity contribution in [3.05, 3.63) is 26.6 Å². The highest BCUT2D eigenvalue weighted by Crippen LogP contribution is 2.31. The van der Waals surface area contributed by atoms with Gasteiger partial charge in [-0.1, -0.05) is 22.4 Å². The minimum atomic E-state index is -1.09. The quantitative estimate of drug-likeness (QED) is 0.769. The summed E-state index contributed by atoms with van der Waals surface area (Å²) in [6.45, 7) is 0.697. The molecule has 5 nitrogen and oxygen atoms in total. The lowest BCUT2D eigenvalue weighted by Crippen LogP contribution is -2.37. The molecule has 1 aliphatic rings. The van der Waals surface area contributed by atoms with Crippen LogP contribution in [-0.2, 0) is 0 Å². The molecule has 1 aromatic carbocycles. The standard InChI is InChI=1S/C14H16Br2N2O3/c1-18(7-8-3-2-4-8)14(21)17-12-10(13(19)20)5-9(15)6-11(12)16/h5-6,8H,2-4,7H2,1H3,(H,17,21)(H,19,20). The van der Waals surface area contributed by atoms with Gasteiger partial charge in [0.05, 0.1) is 11.3 Å². The number of carbonyl (C=O) groups is 2. The van der Waals surface area contributed by atoms with Gasteiger partial charge in [0.2, 0.25) is 0 Å². The van der Waals surface area contributed by atoms with E-state index in [9.17, 15) is 14.7 Å². The highest BCUT2D eigenvalue weighted by molar-refractivity contribution is 9.11. The van der Waals surface area contributed by atoms with Crippen molar-refractivity contribution in [2.45, 2.75) is 19.3 Å². The van der Waals surface area contributed by atoms with E-state index in [1.165, 1.54) is 12.5 Å². The number of carboxylic acids is 1. The van der Waals surface area contributed by atoms with E-state index < -0.39 is 5.97 Å². The molecule has 7 heteroatoms. The lowest BCUT2D eigenvalue weighted by Gasteiger charge is -2.30. The lowest BCUT2D eigenvalue weighted by molar-refractivity contribution is 0.0698. The fraction of sp³-hybridized carbons (Fsp3) is 0.429. The van der Waals surface area contributed by atoms with Crippen molar-refractivity contribution in [1.82, 2.24) is 4.90 Å². The highest BCUT2D eigenvalue weighted by atomic mass is 79.9. The molecule has 0 spiro atoms. The first-order valence-electron chi connectivity index (χ1n) is 6.63. The average molecular weight is 420 g/mol. The Morgan fingerprint density at radius 2 is 2.05 bits per heavy atom. The van der Waals surface area contributed by atoms with Gasteiger partial charge in [0.1, 0.15) is 0 Å². The largest absolute Gasteiger partial charge is 0.478 e. The van der Waals surface area contributed by atoms with Crippen LogP contribution in [0.4, 0.5) is 10.5 Å². The van der Waals surface area contributed by atoms with Crippen molar-refractivity contribution >= 4 is 49.5 Å². The third kappa shape index (κ3) is 3.97. The number of carboxylic acid groups (broad SMARTS) is 1. The SMILES string of the molecule is CN(CC1CCC1)C(=O)Nc1c(Br)cc(Br)cc1C(=O)O. The number of hydrogen-bond donors (Lipinski definition) is 2. The highest BCUT2D eigenvalue weighted by Gasteiger charge is 2.23. The fourth-order valence-electron chi connectivity index (χ4n) is 2.22. The van der Waals surface area contributed by atoms with Gasteiger partial charge in [-0.3, -0.25) is 0 Å². The summed E-state index contributed by atoms with van der Waals surface area (Å²) in [6.07, 6.45) is 3.53. The molecule has 0 heterocycles. The number of hydrogen-bond acceptors (Lipinski definition) is 2. The summed E-state index contributed by atoms with van der Waals surface area (Å²) in [6, 6.07) is 2.87. The van der Waals surface area contributed by atoms with E-state index in [0.717, 1.165) is 12.8 Å². The molecule has 114 valence electrons. The van der Waals surface area contributed by atoms with E-state index in [2.05, 4.69) is 37.2 Å². The predicted octanol–water partition coefficient (Wildman–Crippen LogP) is 4.17. The van der Waals surface area contributed by atoms with Gasteiger partial charge in [0.25, 0.3) is 0 Å². The summed E-state index contributed by atoms with van der Waals surface area (Å²) >= 11 is 6.54. The molecule has 0 radical (unpaired) electrons. The minimum Gasteiger partial charge on any atom is -0.478 e. The van der Waals surface area contributed by atoms with Crippen LogP contribution in [0, 0.1) is 5.92 Å². The van der Waals surface area contributed by atoms with Crippen LogP contribution in [0.3, 0.4) is 0 Å². The molecule has 1 aromatic rings. The molecule has 0 bridgehead atoms. The molecule has 2 N–H and O–H groups in total. The topological polar surface area (TPSA) is 69.6 Å². The van der Waals surface area contributed by atoms with Gasteiger partial charge in [-0.15, -0.1) is 0 Å². The Kier molecular flexibility index (Phi) is 5.27. The van der Waals surface area contributed by atoms with Crippen LogP contribution in [0.15, 0.2) is 21.1 Å². The van der Waals surface area contributed by atoms with Gasteiger partial charge in [-0.25, -0.2) is 9.59 Å². The number of carbonyl (C=O) groups excluding carboxylic acids is 1. The van der Waals surface area contributed by atoms with Crippen molar-refractivity contribution in [2.24, 2.45) is 5.92 Å². The van der Waals surface area contributed by atoms with Crippen molar-refractivity contribution in [3.63, 3.8) is 0 Å². The second-order valence-corrected chi connectivity index (χ2v) is 6.99. The van der Waals surface area contributed by atoms with Crippen molar-refractivity contribution in [2.75, 3.05) is 18.9 Å². The van der Waals surface area contributed by atoms with E-state index in [1.54, 1.807) is 18.0 Å². The van der Waals surface area contributed by atoms with Gasteiger partial charge in [-0.05, 0) is 46.8 Å². The van der Waals surface area contributed by atoms with Crippen LogP contribution in [0.25, 0.3) is 0 Å². The molecule has 0 aliphatic heterocycles. The number of halogens is 2. The maximum Gasteiger partial charge on any atom is 0.337 e. The summed E-state index contributed by atoms with van der Waals surface area (Å²) < 4.78 is 1.16. The van der Waals surface area contributed by atoms with Crippen LogP contribution in [0.2, 0.25) is 0 Å². The molecule has 0 atom stereocenters. The number of amides is 2. The predicted molar refractivity (Wildman–Crippen MR) is 87.8 cm³/mol. The average Bonchev–Trinajstić information content (AvgIpc) is 2.35. The van der Waals surface area contributed by atoms with Crippen LogP contribution >= 0.6 is 31.9 Å². The molecule has 0 saturated heterocycles. The number of rotatable bonds is 4. The molecule has 1 aliphatic carbocycles. The molecule has 2 amide bonds. The number of nitrogens with one attached hydrogen (secondary N) is 1. The summed E-state index contributed by atoms with van der Waals surface area (Å²) in [5.41, 5.74) is 0.317. The summed E-state index contributed by atoms with van der Waals surface area (Å²) in [7, 11) is 1.72. The number of anilines is 1.